The summed E-state index contributed by atoms with van der Waals surface area (Å²) in [6.07, 6.45) is 0.564. The molecule has 0 saturated heterocycles. The first-order chi connectivity index (χ1) is 11.6. The highest BCUT2D eigenvalue weighted by molar-refractivity contribution is 5.91. The number of nitrogens with two attached hydrogens (primary N) is 1. The topological polar surface area (TPSA) is 121 Å². The van der Waals surface area contributed by atoms with Gasteiger partial charge in [-0.2, -0.15) is 9.97 Å². The van der Waals surface area contributed by atoms with Crippen LogP contribution in [0, 0.1) is 6.92 Å². The second-order valence-electron chi connectivity index (χ2n) is 5.07. The van der Waals surface area contributed by atoms with Crippen molar-refractivity contribution in [3.63, 3.8) is 0 Å². The third kappa shape index (κ3) is 3.14. The number of ether oxygens (including phenoxy) is 2. The number of methoxy groups -OCH3 is 2. The van der Waals surface area contributed by atoms with E-state index in [0.29, 0.717) is 58.8 Å². The Morgan fingerprint density at radius 1 is 1.12 bits per heavy atom. The van der Waals surface area contributed by atoms with Gasteiger partial charge in [0.25, 0.3) is 0 Å². The number of nitrogen functional groups attached to an aromatic ring is 1. The van der Waals surface area contributed by atoms with E-state index in [1.54, 1.807) is 33.3 Å². The van der Waals surface area contributed by atoms with Gasteiger partial charge in [-0.1, -0.05) is 5.16 Å². The summed E-state index contributed by atoms with van der Waals surface area (Å²) in [5.41, 5.74) is 6.69. The van der Waals surface area contributed by atoms with Crippen molar-refractivity contribution in [2.24, 2.45) is 0 Å². The van der Waals surface area contributed by atoms with E-state index >= 15 is 0 Å². The minimum Gasteiger partial charge on any atom is -0.493 e. The minimum atomic E-state index is 0.358. The third-order valence-corrected chi connectivity index (χ3v) is 3.42. The molecule has 3 N–H and O–H groups in total. The lowest BCUT2D eigenvalue weighted by molar-refractivity contribution is 0.356. The van der Waals surface area contributed by atoms with Gasteiger partial charge in [0.15, 0.2) is 17.3 Å². The molecule has 24 heavy (non-hydrogen) atoms. The Bertz CT molecular complexity index is 864. The summed E-state index contributed by atoms with van der Waals surface area (Å²) in [4.78, 5) is 12.9. The molecule has 0 aliphatic carbocycles. The number of anilines is 2. The van der Waals surface area contributed by atoms with Crippen LogP contribution in [0.1, 0.15) is 11.7 Å². The molecule has 0 saturated carbocycles. The number of rotatable bonds is 6. The number of aryl methyl sites for hydroxylation is 1. The van der Waals surface area contributed by atoms with Crippen LogP contribution in [0.25, 0.3) is 10.9 Å². The van der Waals surface area contributed by atoms with Crippen molar-refractivity contribution >= 4 is 22.7 Å². The molecule has 0 unspecified atom stereocenters. The van der Waals surface area contributed by atoms with Crippen molar-refractivity contribution in [2.75, 3.05) is 31.8 Å². The number of nitrogens with zero attached hydrogens (tertiary/aromatic N) is 4. The Kier molecular flexibility index (Phi) is 4.32. The van der Waals surface area contributed by atoms with Crippen LogP contribution >= 0.6 is 0 Å². The van der Waals surface area contributed by atoms with E-state index in [-0.39, 0.29) is 0 Å². The maximum atomic E-state index is 6.03. The Balaban J connectivity index is 1.81. The van der Waals surface area contributed by atoms with Gasteiger partial charge in [0, 0.05) is 24.4 Å². The number of hydrogen-bond donors (Lipinski definition) is 2. The molecule has 126 valence electrons. The summed E-state index contributed by atoms with van der Waals surface area (Å²) >= 11 is 0. The van der Waals surface area contributed by atoms with Gasteiger partial charge < -0.3 is 25.0 Å². The highest BCUT2D eigenvalue weighted by Gasteiger charge is 2.12. The van der Waals surface area contributed by atoms with Gasteiger partial charge >= 0.3 is 0 Å². The van der Waals surface area contributed by atoms with Crippen LogP contribution in [0.5, 0.6) is 11.5 Å². The fourth-order valence-corrected chi connectivity index (χ4v) is 2.28. The Labute approximate surface area is 138 Å². The maximum Gasteiger partial charge on any atom is 0.228 e. The average molecular weight is 330 g/mol. The standard InChI is InChI=1S/C15H18N6O3/c1-8-18-13(24-21-8)4-5-17-15-19-10-7-12(23-3)11(22-2)6-9(10)14(16)20-15/h6-7H,4-5H2,1-3H3,(H3,16,17,19,20). The zero-order chi connectivity index (χ0) is 17.1. The first kappa shape index (κ1) is 15.8. The average Bonchev–Trinajstić information content (AvgIpc) is 2.99. The fourth-order valence-electron chi connectivity index (χ4n) is 2.28. The van der Waals surface area contributed by atoms with Crippen LogP contribution in [0.15, 0.2) is 16.7 Å². The van der Waals surface area contributed by atoms with E-state index in [4.69, 9.17) is 19.7 Å². The predicted molar refractivity (Wildman–Crippen MR) is 88.3 cm³/mol. The van der Waals surface area contributed by atoms with Crippen LogP contribution in [0.4, 0.5) is 11.8 Å². The molecule has 3 aromatic rings. The van der Waals surface area contributed by atoms with Crippen molar-refractivity contribution in [1.82, 2.24) is 20.1 Å². The summed E-state index contributed by atoms with van der Waals surface area (Å²) in [5.74, 6) is 3.10. The number of aromatic nitrogens is 4. The maximum absolute atomic E-state index is 6.03. The molecule has 2 heterocycles. The molecule has 0 aliphatic heterocycles. The summed E-state index contributed by atoms with van der Waals surface area (Å²) in [7, 11) is 3.13. The number of hydrogen-bond acceptors (Lipinski definition) is 9. The van der Waals surface area contributed by atoms with Crippen LogP contribution in [-0.4, -0.2) is 40.9 Å². The largest absolute Gasteiger partial charge is 0.493 e. The molecule has 0 atom stereocenters. The zero-order valence-corrected chi connectivity index (χ0v) is 13.7. The second-order valence-corrected chi connectivity index (χ2v) is 5.07. The summed E-state index contributed by atoms with van der Waals surface area (Å²) in [6.45, 7) is 2.31. The van der Waals surface area contributed by atoms with Crippen LogP contribution in [0.2, 0.25) is 0 Å². The number of benzene rings is 1. The molecule has 0 radical (unpaired) electrons. The molecule has 0 aliphatic rings. The summed E-state index contributed by atoms with van der Waals surface area (Å²) in [5, 5.41) is 7.54. The summed E-state index contributed by atoms with van der Waals surface area (Å²) in [6, 6.07) is 3.52. The van der Waals surface area contributed by atoms with E-state index in [1.807, 2.05) is 0 Å². The Morgan fingerprint density at radius 2 is 1.88 bits per heavy atom. The van der Waals surface area contributed by atoms with Gasteiger partial charge in [-0.05, 0) is 13.0 Å². The molecular formula is C15H18N6O3. The van der Waals surface area contributed by atoms with Gasteiger partial charge in [0.1, 0.15) is 5.82 Å². The van der Waals surface area contributed by atoms with Gasteiger partial charge in [-0.15, -0.1) is 0 Å². The zero-order valence-electron chi connectivity index (χ0n) is 13.7. The first-order valence-electron chi connectivity index (χ1n) is 7.33. The van der Waals surface area contributed by atoms with Gasteiger partial charge in [0.2, 0.25) is 11.8 Å². The predicted octanol–water partition coefficient (Wildman–Crippen LogP) is 1.58. The SMILES string of the molecule is COc1cc2nc(NCCc3nc(C)no3)nc(N)c2cc1OC. The Hall–Kier alpha value is -3.10. The van der Waals surface area contributed by atoms with E-state index in [2.05, 4.69) is 25.4 Å². The van der Waals surface area contributed by atoms with Crippen LogP contribution < -0.4 is 20.5 Å². The lowest BCUT2D eigenvalue weighted by Gasteiger charge is -2.11. The van der Waals surface area contributed by atoms with Crippen molar-refractivity contribution in [3.05, 3.63) is 23.8 Å². The van der Waals surface area contributed by atoms with E-state index in [1.165, 1.54) is 0 Å². The van der Waals surface area contributed by atoms with Gasteiger partial charge in [-0.3, -0.25) is 0 Å². The lowest BCUT2D eigenvalue weighted by atomic mass is 10.2. The van der Waals surface area contributed by atoms with Crippen LogP contribution in [-0.2, 0) is 6.42 Å². The fraction of sp³-hybridized carbons (Fsp3) is 0.333. The lowest BCUT2D eigenvalue weighted by Crippen LogP contribution is -2.09. The van der Waals surface area contributed by atoms with Crippen molar-refractivity contribution in [1.29, 1.82) is 0 Å². The molecule has 9 heteroatoms. The van der Waals surface area contributed by atoms with Crippen LogP contribution in [0.3, 0.4) is 0 Å². The molecule has 9 nitrogen and oxygen atoms in total. The van der Waals surface area contributed by atoms with Crippen molar-refractivity contribution < 1.29 is 14.0 Å². The molecule has 3 rings (SSSR count). The third-order valence-electron chi connectivity index (χ3n) is 3.42. The first-order valence-corrected chi connectivity index (χ1v) is 7.33. The molecule has 2 aromatic heterocycles. The van der Waals surface area contributed by atoms with Crippen molar-refractivity contribution in [3.8, 4) is 11.5 Å². The smallest absolute Gasteiger partial charge is 0.228 e. The molecule has 0 spiro atoms. The van der Waals surface area contributed by atoms with E-state index < -0.39 is 0 Å². The summed E-state index contributed by atoms with van der Waals surface area (Å²) < 4.78 is 15.6. The highest BCUT2D eigenvalue weighted by atomic mass is 16.5. The van der Waals surface area contributed by atoms with Gasteiger partial charge in [-0.25, -0.2) is 4.98 Å². The number of nitrogens with one attached hydrogen (secondary N) is 1. The molecule has 1 aromatic carbocycles. The highest BCUT2D eigenvalue weighted by Crippen LogP contribution is 2.33. The number of fused-ring (bicyclic) bond motifs is 1. The van der Waals surface area contributed by atoms with Gasteiger partial charge in [0.05, 0.1) is 19.7 Å². The molecular weight excluding hydrogens is 312 g/mol. The van der Waals surface area contributed by atoms with Crippen molar-refractivity contribution in [2.45, 2.75) is 13.3 Å². The second kappa shape index (κ2) is 6.57. The molecule has 0 amide bonds. The van der Waals surface area contributed by atoms with E-state index in [9.17, 15) is 0 Å². The quantitative estimate of drug-likeness (QED) is 0.693. The molecule has 0 bridgehead atoms. The molecule has 0 fully saturated rings. The van der Waals surface area contributed by atoms with E-state index in [0.717, 1.165) is 0 Å². The minimum absolute atomic E-state index is 0.358. The monoisotopic (exact) mass is 330 g/mol. The normalized spacial score (nSPS) is 10.8. The Morgan fingerprint density at radius 3 is 2.54 bits per heavy atom.